The van der Waals surface area contributed by atoms with Gasteiger partial charge in [0.2, 0.25) is 0 Å². The van der Waals surface area contributed by atoms with E-state index in [0.717, 1.165) is 12.1 Å². The molecular formula is C18H13F2IrN2O3-. The van der Waals surface area contributed by atoms with Crippen molar-refractivity contribution in [3.05, 3.63) is 78.3 Å². The molecule has 0 saturated carbocycles. The summed E-state index contributed by atoms with van der Waals surface area (Å²) in [5.74, 6) is -2.09. The number of carboxylic acid groups (broad SMARTS) is 1. The fourth-order valence-electron chi connectivity index (χ4n) is 1.87. The topological polar surface area (TPSA) is 72.3 Å². The van der Waals surface area contributed by atoms with E-state index in [2.05, 4.69) is 16.0 Å². The molecule has 0 unspecified atom stereocenters. The van der Waals surface area contributed by atoms with Gasteiger partial charge in [-0.2, -0.15) is 0 Å². The zero-order valence-electron chi connectivity index (χ0n) is 13.4. The molecule has 0 aliphatic rings. The molecule has 2 heterocycles. The number of benzene rings is 1. The molecule has 5 nitrogen and oxygen atoms in total. The monoisotopic (exact) mass is 536 g/mol. The molecule has 0 amide bonds. The molecule has 1 aromatic carbocycles. The van der Waals surface area contributed by atoms with Gasteiger partial charge in [-0.1, -0.05) is 23.8 Å². The standard InChI is InChI=1S/C11H6F2N.C7H7NO3.Ir/c12-8-4-5-9(10(13)7-8)11-3-1-2-6-14-11;1-11-5-3-2-4-8-6(5)7(9)10;/h1-4,6-7H;2-4H,1H3,(H,9,10);/q-1;;. The van der Waals surface area contributed by atoms with E-state index in [1.165, 1.54) is 13.3 Å². The molecule has 3 aromatic rings. The van der Waals surface area contributed by atoms with Crippen LogP contribution in [0.1, 0.15) is 10.5 Å². The SMILES string of the molecule is COc1cccnc1C(=O)O.Fc1c[c-]c(-c2ccccn2)c(F)c1.[Ir]. The maximum Gasteiger partial charge on any atom is 0.358 e. The van der Waals surface area contributed by atoms with Gasteiger partial charge in [0.05, 0.1) is 7.11 Å². The average Bonchev–Trinajstić information content (AvgIpc) is 2.63. The number of aromatic carboxylic acids is 1. The van der Waals surface area contributed by atoms with E-state index in [9.17, 15) is 13.6 Å². The van der Waals surface area contributed by atoms with Gasteiger partial charge in [-0.15, -0.1) is 12.1 Å². The minimum Gasteiger partial charge on any atom is -0.494 e. The van der Waals surface area contributed by atoms with Crippen molar-refractivity contribution < 1.29 is 43.5 Å². The van der Waals surface area contributed by atoms with Crippen molar-refractivity contribution in [2.24, 2.45) is 0 Å². The Bertz CT molecular complexity index is 864. The van der Waals surface area contributed by atoms with E-state index in [1.807, 2.05) is 0 Å². The number of ether oxygens (including phenoxy) is 1. The van der Waals surface area contributed by atoms with Gasteiger partial charge in [0.25, 0.3) is 0 Å². The third-order valence-corrected chi connectivity index (χ3v) is 2.97. The zero-order valence-corrected chi connectivity index (χ0v) is 15.8. The second-order valence-electron chi connectivity index (χ2n) is 4.62. The van der Waals surface area contributed by atoms with Gasteiger partial charge >= 0.3 is 5.97 Å². The van der Waals surface area contributed by atoms with E-state index in [1.54, 1.807) is 36.5 Å². The summed E-state index contributed by atoms with van der Waals surface area (Å²) in [4.78, 5) is 18.0. The number of hydrogen-bond donors (Lipinski definition) is 1. The van der Waals surface area contributed by atoms with Gasteiger partial charge in [-0.25, -0.2) is 9.78 Å². The second-order valence-corrected chi connectivity index (χ2v) is 4.62. The number of aromatic nitrogens is 2. The minimum absolute atomic E-state index is 0. The number of hydrogen-bond acceptors (Lipinski definition) is 4. The Labute approximate surface area is 162 Å². The number of pyridine rings is 2. The summed E-state index contributed by atoms with van der Waals surface area (Å²) >= 11 is 0. The third kappa shape index (κ3) is 5.68. The van der Waals surface area contributed by atoms with Crippen LogP contribution in [0.4, 0.5) is 8.78 Å². The van der Waals surface area contributed by atoms with Gasteiger partial charge < -0.3 is 14.8 Å². The van der Waals surface area contributed by atoms with Crippen LogP contribution in [0.2, 0.25) is 0 Å². The van der Waals surface area contributed by atoms with E-state index < -0.39 is 17.6 Å². The molecule has 0 saturated heterocycles. The maximum atomic E-state index is 13.2. The predicted molar refractivity (Wildman–Crippen MR) is 86.2 cm³/mol. The van der Waals surface area contributed by atoms with Crippen LogP contribution in [0.25, 0.3) is 11.3 Å². The molecule has 3 rings (SSSR count). The van der Waals surface area contributed by atoms with Crippen LogP contribution in [0, 0.1) is 17.7 Å². The van der Waals surface area contributed by atoms with Crippen molar-refractivity contribution in [2.45, 2.75) is 0 Å². The third-order valence-electron chi connectivity index (χ3n) is 2.97. The number of carbonyl (C=O) groups is 1. The molecule has 0 aliphatic carbocycles. The first-order valence-electron chi connectivity index (χ1n) is 7.03. The number of methoxy groups -OCH3 is 1. The summed E-state index contributed by atoms with van der Waals surface area (Å²) in [5.41, 5.74) is 0.576. The van der Waals surface area contributed by atoms with Crippen molar-refractivity contribution >= 4 is 5.97 Å². The molecule has 26 heavy (non-hydrogen) atoms. The Morgan fingerprint density at radius 3 is 2.42 bits per heavy atom. The van der Waals surface area contributed by atoms with Crippen molar-refractivity contribution in [1.29, 1.82) is 0 Å². The van der Waals surface area contributed by atoms with E-state index in [4.69, 9.17) is 9.84 Å². The zero-order chi connectivity index (χ0) is 18.2. The number of carboxylic acids is 1. The van der Waals surface area contributed by atoms with Gasteiger partial charge in [0, 0.05) is 44.1 Å². The summed E-state index contributed by atoms with van der Waals surface area (Å²) < 4.78 is 30.6. The van der Waals surface area contributed by atoms with Crippen LogP contribution in [0.15, 0.2) is 54.9 Å². The first kappa shape index (κ1) is 21.3. The number of nitrogens with zero attached hydrogens (tertiary/aromatic N) is 2. The number of halogens is 2. The van der Waals surface area contributed by atoms with Crippen molar-refractivity contribution in [1.82, 2.24) is 9.97 Å². The Morgan fingerprint density at radius 2 is 1.88 bits per heavy atom. The molecule has 0 spiro atoms. The minimum atomic E-state index is -1.08. The molecule has 0 aliphatic heterocycles. The first-order valence-corrected chi connectivity index (χ1v) is 7.03. The van der Waals surface area contributed by atoms with Crippen molar-refractivity contribution in [2.75, 3.05) is 7.11 Å². The quantitative estimate of drug-likeness (QED) is 0.519. The molecular weight excluding hydrogens is 522 g/mol. The average molecular weight is 536 g/mol. The second kappa shape index (κ2) is 10.3. The summed E-state index contributed by atoms with van der Waals surface area (Å²) in [6, 6.07) is 12.7. The fourth-order valence-corrected chi connectivity index (χ4v) is 1.87. The van der Waals surface area contributed by atoms with Gasteiger partial charge in [0.1, 0.15) is 0 Å². The van der Waals surface area contributed by atoms with Crippen molar-refractivity contribution in [3.63, 3.8) is 0 Å². The first-order chi connectivity index (χ1) is 12.0. The fraction of sp³-hybridized carbons (Fsp3) is 0.0556. The Balaban J connectivity index is 0.000000258. The maximum absolute atomic E-state index is 13.2. The van der Waals surface area contributed by atoms with Gasteiger partial charge in [-0.3, -0.25) is 8.78 Å². The van der Waals surface area contributed by atoms with E-state index in [-0.39, 0.29) is 37.1 Å². The Morgan fingerprint density at radius 1 is 1.15 bits per heavy atom. The normalized spacial score (nSPS) is 9.35. The predicted octanol–water partition coefficient (Wildman–Crippen LogP) is 3.61. The molecule has 1 N–H and O–H groups in total. The molecule has 137 valence electrons. The van der Waals surface area contributed by atoms with Crippen LogP contribution < -0.4 is 4.74 Å². The van der Waals surface area contributed by atoms with Gasteiger partial charge in [0.15, 0.2) is 11.4 Å². The van der Waals surface area contributed by atoms with Crippen LogP contribution >= 0.6 is 0 Å². The Hall–Kier alpha value is -2.70. The van der Waals surface area contributed by atoms with Crippen LogP contribution in [0.3, 0.4) is 0 Å². The molecule has 2 aromatic heterocycles. The molecule has 0 fully saturated rings. The largest absolute Gasteiger partial charge is 0.494 e. The van der Waals surface area contributed by atoms with Crippen LogP contribution in [-0.4, -0.2) is 28.2 Å². The summed E-state index contributed by atoms with van der Waals surface area (Å²) in [7, 11) is 1.41. The Kier molecular flexibility index (Phi) is 8.48. The van der Waals surface area contributed by atoms with E-state index >= 15 is 0 Å². The molecule has 0 atom stereocenters. The number of rotatable bonds is 3. The smallest absolute Gasteiger partial charge is 0.358 e. The summed E-state index contributed by atoms with van der Waals surface area (Å²) in [5, 5.41) is 8.55. The molecule has 8 heteroatoms. The summed E-state index contributed by atoms with van der Waals surface area (Å²) in [6.07, 6.45) is 2.96. The van der Waals surface area contributed by atoms with Crippen molar-refractivity contribution in [3.8, 4) is 17.0 Å². The van der Waals surface area contributed by atoms with Crippen LogP contribution in [-0.2, 0) is 20.1 Å². The molecule has 0 bridgehead atoms. The van der Waals surface area contributed by atoms with Crippen LogP contribution in [0.5, 0.6) is 5.75 Å². The molecule has 1 radical (unpaired) electrons. The van der Waals surface area contributed by atoms with E-state index in [0.29, 0.717) is 5.69 Å². The summed E-state index contributed by atoms with van der Waals surface area (Å²) in [6.45, 7) is 0. The van der Waals surface area contributed by atoms with Gasteiger partial charge in [-0.05, 0) is 23.9 Å².